The molecule has 2 aliphatic carbocycles. The molecule has 17 nitrogen and oxygen atoms in total. The summed E-state index contributed by atoms with van der Waals surface area (Å²) in [5.41, 5.74) is 10.4. The van der Waals surface area contributed by atoms with E-state index in [0.717, 1.165) is 0 Å². The molecule has 14 N–H and O–H groups in total. The van der Waals surface area contributed by atoms with Gasteiger partial charge in [0.25, 0.3) is 5.91 Å². The van der Waals surface area contributed by atoms with Crippen LogP contribution in [0.1, 0.15) is 32.6 Å². The van der Waals surface area contributed by atoms with E-state index >= 15 is 0 Å². The minimum atomic E-state index is -1.72. The van der Waals surface area contributed by atoms with Crippen molar-refractivity contribution in [1.29, 1.82) is 0 Å². The summed E-state index contributed by atoms with van der Waals surface area (Å²) in [4.78, 5) is 13.0. The van der Waals surface area contributed by atoms with Gasteiger partial charge in [0.2, 0.25) is 0 Å². The van der Waals surface area contributed by atoms with Crippen LogP contribution in [0.15, 0.2) is 0 Å². The largest absolute Gasteiger partial charge is 0.394 e. The Labute approximate surface area is 242 Å². The normalized spacial score (nSPS) is 49.7. The van der Waals surface area contributed by atoms with Crippen molar-refractivity contribution in [1.82, 2.24) is 10.6 Å². The first kappa shape index (κ1) is 33.8. The monoisotopic (exact) mass is 610 g/mol. The van der Waals surface area contributed by atoms with Gasteiger partial charge in [-0.3, -0.25) is 4.79 Å². The fraction of sp³-hybridized carbons (Fsp3) is 0.960. The van der Waals surface area contributed by atoms with Crippen molar-refractivity contribution in [3.05, 3.63) is 0 Å². The van der Waals surface area contributed by atoms with Gasteiger partial charge in [0.05, 0.1) is 18.8 Å². The first-order valence-corrected chi connectivity index (χ1v) is 14.4. The van der Waals surface area contributed by atoms with Gasteiger partial charge in [-0.15, -0.1) is 0 Å². The van der Waals surface area contributed by atoms with Crippen molar-refractivity contribution in [2.24, 2.45) is 11.5 Å². The van der Waals surface area contributed by atoms with Crippen LogP contribution in [-0.4, -0.2) is 164 Å². The van der Waals surface area contributed by atoms with Gasteiger partial charge in [-0.2, -0.15) is 0 Å². The van der Waals surface area contributed by atoms with E-state index in [4.69, 9.17) is 30.4 Å². The Hall–Kier alpha value is -1.13. The third-order valence-electron chi connectivity index (χ3n) is 8.52. The summed E-state index contributed by atoms with van der Waals surface area (Å²) in [6.45, 7) is 1.92. The number of ether oxygens (including phenoxy) is 4. The van der Waals surface area contributed by atoms with Crippen molar-refractivity contribution in [2.75, 3.05) is 19.7 Å². The highest BCUT2D eigenvalue weighted by Gasteiger charge is 2.54. The van der Waals surface area contributed by atoms with E-state index < -0.39 is 104 Å². The number of aliphatic hydroxyl groups excluding tert-OH is 7. The minimum Gasteiger partial charge on any atom is -0.394 e. The van der Waals surface area contributed by atoms with Gasteiger partial charge < -0.3 is 81.9 Å². The number of hydrogen-bond acceptors (Lipinski definition) is 16. The quantitative estimate of drug-likeness (QED) is 0.109. The average molecular weight is 611 g/mol. The number of hydrogen-bond donors (Lipinski definition) is 12. The number of aliphatic hydroxyl groups is 8. The maximum atomic E-state index is 13.0. The third-order valence-corrected chi connectivity index (χ3v) is 8.52. The highest BCUT2D eigenvalue weighted by Crippen LogP contribution is 2.34. The molecule has 42 heavy (non-hydrogen) atoms. The summed E-state index contributed by atoms with van der Waals surface area (Å²) in [5.74, 6) is -0.759. The molecule has 17 heteroatoms. The maximum absolute atomic E-state index is 13.0. The van der Waals surface area contributed by atoms with Crippen LogP contribution in [0.4, 0.5) is 0 Å². The van der Waals surface area contributed by atoms with E-state index in [-0.39, 0.29) is 38.3 Å². The Morgan fingerprint density at radius 3 is 2.14 bits per heavy atom. The molecule has 0 aromatic carbocycles. The number of nitrogens with one attached hydrogen (secondary N) is 2. The summed E-state index contributed by atoms with van der Waals surface area (Å²) in [7, 11) is 0. The highest BCUT2D eigenvalue weighted by molar-refractivity contribution is 5.86. The summed E-state index contributed by atoms with van der Waals surface area (Å²) in [6, 6.07) is -2.39. The predicted octanol–water partition coefficient (Wildman–Crippen LogP) is -6.57. The topological polar surface area (TPSA) is 292 Å². The highest BCUT2D eigenvalue weighted by atomic mass is 16.7. The zero-order valence-electron chi connectivity index (χ0n) is 23.4. The number of amides is 1. The van der Waals surface area contributed by atoms with Crippen molar-refractivity contribution < 1.29 is 64.6 Å². The van der Waals surface area contributed by atoms with Crippen LogP contribution >= 0.6 is 0 Å². The van der Waals surface area contributed by atoms with Crippen LogP contribution in [0.25, 0.3) is 0 Å². The molecule has 2 saturated heterocycles. The SMILES string of the molecule is CCNC[C@H]1O[C@H](OC2[C@@H](N)C[C@@H](NC(=O)C3(O)CC(N)C3)[C@H](O[C@H]3O[C@H](CO)[C@@H](O)C[C@H]3O)[C@H]2O)[C@H](O)[C@@H](O)[C@@H]1O. The Balaban J connectivity index is 1.53. The van der Waals surface area contributed by atoms with Gasteiger partial charge in [-0.25, -0.2) is 0 Å². The maximum Gasteiger partial charge on any atom is 0.252 e. The molecule has 0 radical (unpaired) electrons. The van der Waals surface area contributed by atoms with Crippen LogP contribution in [0.2, 0.25) is 0 Å². The Bertz CT molecular complexity index is 900. The molecule has 2 aliphatic heterocycles. The van der Waals surface area contributed by atoms with E-state index in [1.165, 1.54) is 0 Å². The van der Waals surface area contributed by atoms with E-state index in [1.807, 2.05) is 6.92 Å². The molecule has 1 amide bonds. The number of rotatable bonds is 10. The Morgan fingerprint density at radius 1 is 0.881 bits per heavy atom. The van der Waals surface area contributed by atoms with Crippen LogP contribution in [0.5, 0.6) is 0 Å². The van der Waals surface area contributed by atoms with Crippen molar-refractivity contribution in [3.8, 4) is 0 Å². The van der Waals surface area contributed by atoms with Gasteiger partial charge in [-0.05, 0) is 13.0 Å². The molecule has 4 aliphatic rings. The van der Waals surface area contributed by atoms with Gasteiger partial charge in [0.1, 0.15) is 60.5 Å². The lowest BCUT2D eigenvalue weighted by Crippen LogP contribution is -2.70. The molecule has 2 saturated carbocycles. The van der Waals surface area contributed by atoms with E-state index in [1.54, 1.807) is 0 Å². The molecule has 0 bridgehead atoms. The number of likely N-dealkylation sites (N-methyl/N-ethyl adjacent to an activating group) is 1. The van der Waals surface area contributed by atoms with Gasteiger partial charge in [-0.1, -0.05) is 6.92 Å². The third kappa shape index (κ3) is 7.06. The second-order valence-electron chi connectivity index (χ2n) is 11.8. The first-order chi connectivity index (χ1) is 19.8. The number of carbonyl (C=O) groups is 1. The average Bonchev–Trinajstić information content (AvgIpc) is 2.92. The fourth-order valence-electron chi connectivity index (χ4n) is 5.98. The van der Waals surface area contributed by atoms with Gasteiger partial charge >= 0.3 is 0 Å². The lowest BCUT2D eigenvalue weighted by Gasteiger charge is -2.49. The van der Waals surface area contributed by atoms with E-state index in [9.17, 15) is 45.6 Å². The number of carbonyl (C=O) groups excluding carboxylic acids is 1. The fourth-order valence-corrected chi connectivity index (χ4v) is 5.98. The van der Waals surface area contributed by atoms with Crippen LogP contribution < -0.4 is 22.1 Å². The summed E-state index contributed by atoms with van der Waals surface area (Å²) in [5, 5.41) is 89.2. The van der Waals surface area contributed by atoms with Gasteiger partial charge in [0.15, 0.2) is 12.6 Å². The van der Waals surface area contributed by atoms with Crippen molar-refractivity contribution in [2.45, 2.75) is 130 Å². The van der Waals surface area contributed by atoms with Crippen molar-refractivity contribution >= 4 is 5.91 Å². The molecule has 244 valence electrons. The second-order valence-corrected chi connectivity index (χ2v) is 11.8. The lowest BCUT2D eigenvalue weighted by atomic mass is 9.75. The first-order valence-electron chi connectivity index (χ1n) is 14.4. The summed E-state index contributed by atoms with van der Waals surface area (Å²) < 4.78 is 23.0. The molecular weight excluding hydrogens is 564 g/mol. The summed E-state index contributed by atoms with van der Waals surface area (Å²) in [6.07, 6.45) is -16.9. The van der Waals surface area contributed by atoms with Gasteiger partial charge in [0, 0.05) is 37.9 Å². The molecule has 2 heterocycles. The van der Waals surface area contributed by atoms with Crippen molar-refractivity contribution in [3.63, 3.8) is 0 Å². The molecule has 0 spiro atoms. The minimum absolute atomic E-state index is 0.0249. The number of nitrogens with two attached hydrogens (primary N) is 2. The van der Waals surface area contributed by atoms with E-state index in [0.29, 0.717) is 6.54 Å². The molecular formula is C25H46N4O13. The lowest BCUT2D eigenvalue weighted by molar-refractivity contribution is -0.332. The smallest absolute Gasteiger partial charge is 0.252 e. The molecule has 0 aromatic heterocycles. The molecule has 4 rings (SSSR count). The summed E-state index contributed by atoms with van der Waals surface area (Å²) >= 11 is 0. The Kier molecular flexibility index (Phi) is 11.2. The van der Waals surface area contributed by atoms with Crippen LogP contribution in [0.3, 0.4) is 0 Å². The molecule has 4 fully saturated rings. The Morgan fingerprint density at radius 2 is 1.52 bits per heavy atom. The molecule has 0 aromatic rings. The second kappa shape index (κ2) is 13.9. The molecule has 1 unspecified atom stereocenters. The zero-order chi connectivity index (χ0) is 30.9. The van der Waals surface area contributed by atoms with Crippen LogP contribution in [-0.2, 0) is 23.7 Å². The van der Waals surface area contributed by atoms with Crippen LogP contribution in [0, 0.1) is 0 Å². The standard InChI is InChI=1S/C25H46N4O13/c1-2-28-7-14-16(33)17(34)18(35)23(39-14)41-20-10(27)3-11(29-24(37)25(38)5-9(26)6-25)21(19(20)36)42-22-13(32)4-12(31)15(8-30)40-22/h9-23,28,30-36,38H,2-8,26-27H2,1H3,(H,29,37)/t9?,10-,11+,12-,13+,14+,15+,16+,17-,18+,19-,20?,21-,22+,23+,25?/m0/s1. The zero-order valence-corrected chi connectivity index (χ0v) is 23.4. The molecule has 14 atom stereocenters. The van der Waals surface area contributed by atoms with E-state index in [2.05, 4.69) is 10.6 Å². The predicted molar refractivity (Wildman–Crippen MR) is 140 cm³/mol.